The maximum atomic E-state index is 13.0. The summed E-state index contributed by atoms with van der Waals surface area (Å²) >= 11 is 0. The Hall–Kier alpha value is -1.41. The topological polar surface area (TPSA) is 92.5 Å². The van der Waals surface area contributed by atoms with Crippen LogP contribution in [0.4, 0.5) is 0 Å². The van der Waals surface area contributed by atoms with Crippen LogP contribution in [0.1, 0.15) is 49.6 Å². The van der Waals surface area contributed by atoms with Gasteiger partial charge in [0.2, 0.25) is 5.91 Å². The number of hydrogen-bond acceptors (Lipinski definition) is 6. The molecule has 0 aromatic carbocycles. The monoisotopic (exact) mass is 395 g/mol. The maximum absolute atomic E-state index is 13.0. The third-order valence-corrected chi connectivity index (χ3v) is 8.14. The molecule has 4 rings (SSSR count). The van der Waals surface area contributed by atoms with Gasteiger partial charge >= 0.3 is 0 Å². The van der Waals surface area contributed by atoms with E-state index in [1.807, 2.05) is 4.90 Å². The third-order valence-electron chi connectivity index (χ3n) is 6.41. The Morgan fingerprint density at radius 1 is 1.30 bits per heavy atom. The molecule has 27 heavy (non-hydrogen) atoms. The molecule has 1 aliphatic carbocycles. The molecular weight excluding hydrogens is 366 g/mol. The molecule has 0 saturated carbocycles. The van der Waals surface area contributed by atoms with E-state index in [-0.39, 0.29) is 23.5 Å². The summed E-state index contributed by atoms with van der Waals surface area (Å²) in [5, 5.41) is 7.50. The van der Waals surface area contributed by atoms with Crippen molar-refractivity contribution in [2.24, 2.45) is 11.8 Å². The molecule has 1 amide bonds. The smallest absolute Gasteiger partial charge is 0.228 e. The highest BCUT2D eigenvalue weighted by Gasteiger charge is 2.44. The van der Waals surface area contributed by atoms with Gasteiger partial charge in [0.25, 0.3) is 0 Å². The lowest BCUT2D eigenvalue weighted by molar-refractivity contribution is -0.134. The molecule has 2 saturated heterocycles. The SMILES string of the molecule is CCC1CCN(C(=O)[C@@H]2CS(=O)(=O)C[C@H]2NCc2noc3c2CCCC3)C1. The van der Waals surface area contributed by atoms with E-state index in [1.54, 1.807) is 0 Å². The van der Waals surface area contributed by atoms with Gasteiger partial charge in [-0.05, 0) is 31.6 Å². The molecule has 2 aliphatic heterocycles. The second-order valence-corrected chi connectivity index (χ2v) is 10.4. The summed E-state index contributed by atoms with van der Waals surface area (Å²) in [4.78, 5) is 14.9. The Kier molecular flexibility index (Phi) is 5.29. The molecule has 1 unspecified atom stereocenters. The number of amides is 1. The normalized spacial score (nSPS) is 29.8. The molecular formula is C19H29N3O4S. The van der Waals surface area contributed by atoms with Gasteiger partial charge in [0.1, 0.15) is 11.5 Å². The zero-order valence-electron chi connectivity index (χ0n) is 15.9. The average molecular weight is 396 g/mol. The molecule has 0 spiro atoms. The maximum Gasteiger partial charge on any atom is 0.228 e. The first-order valence-electron chi connectivity index (χ1n) is 10.2. The molecule has 1 N–H and O–H groups in total. The number of fused-ring (bicyclic) bond motifs is 1. The van der Waals surface area contributed by atoms with E-state index in [4.69, 9.17) is 4.52 Å². The summed E-state index contributed by atoms with van der Waals surface area (Å²) in [6, 6.07) is -0.348. The molecule has 2 fully saturated rings. The van der Waals surface area contributed by atoms with E-state index in [1.165, 1.54) is 5.56 Å². The van der Waals surface area contributed by atoms with Crippen molar-refractivity contribution in [3.05, 3.63) is 17.0 Å². The molecule has 0 bridgehead atoms. The van der Waals surface area contributed by atoms with Crippen molar-refractivity contribution < 1.29 is 17.7 Å². The Morgan fingerprint density at radius 3 is 2.89 bits per heavy atom. The van der Waals surface area contributed by atoms with Gasteiger partial charge in [-0.1, -0.05) is 18.5 Å². The van der Waals surface area contributed by atoms with Gasteiger partial charge in [-0.3, -0.25) is 4.79 Å². The lowest BCUT2D eigenvalue weighted by atomic mass is 9.96. The van der Waals surface area contributed by atoms with Gasteiger partial charge in [-0.25, -0.2) is 8.42 Å². The first kappa shape index (κ1) is 18.9. The number of aromatic nitrogens is 1. The first-order chi connectivity index (χ1) is 13.0. The molecule has 8 heteroatoms. The summed E-state index contributed by atoms with van der Waals surface area (Å²) < 4.78 is 29.9. The Morgan fingerprint density at radius 2 is 2.11 bits per heavy atom. The van der Waals surface area contributed by atoms with Crippen molar-refractivity contribution in [2.75, 3.05) is 24.6 Å². The zero-order valence-corrected chi connectivity index (χ0v) is 16.8. The Labute approximate surface area is 160 Å². The minimum absolute atomic E-state index is 0.00768. The standard InChI is InChI=1S/C19H29N3O4S/c1-2-13-7-8-22(10-13)19(23)15-11-27(24,25)12-17(15)20-9-16-14-5-3-4-6-18(14)26-21-16/h13,15,17,20H,2-12H2,1H3/t13?,15-,17-/m1/s1. The predicted molar refractivity (Wildman–Crippen MR) is 101 cm³/mol. The fraction of sp³-hybridized carbons (Fsp3) is 0.789. The lowest BCUT2D eigenvalue weighted by Crippen LogP contribution is -2.45. The number of nitrogens with zero attached hydrogens (tertiary/aromatic N) is 2. The summed E-state index contributed by atoms with van der Waals surface area (Å²) in [7, 11) is -3.20. The van der Waals surface area contributed by atoms with Crippen LogP contribution in [0, 0.1) is 11.8 Å². The predicted octanol–water partition coefficient (Wildman–Crippen LogP) is 1.31. The molecule has 7 nitrogen and oxygen atoms in total. The number of aryl methyl sites for hydroxylation is 1. The van der Waals surface area contributed by atoms with E-state index in [9.17, 15) is 13.2 Å². The Balaban J connectivity index is 1.44. The van der Waals surface area contributed by atoms with Gasteiger partial charge in [-0.15, -0.1) is 0 Å². The molecule has 1 aromatic heterocycles. The minimum atomic E-state index is -3.20. The van der Waals surface area contributed by atoms with Crippen LogP contribution in [0.5, 0.6) is 0 Å². The number of carbonyl (C=O) groups is 1. The van der Waals surface area contributed by atoms with Crippen LogP contribution >= 0.6 is 0 Å². The number of nitrogens with one attached hydrogen (secondary N) is 1. The summed E-state index contributed by atoms with van der Waals surface area (Å²) in [6.07, 6.45) is 6.23. The number of likely N-dealkylation sites (tertiary alicyclic amines) is 1. The summed E-state index contributed by atoms with van der Waals surface area (Å²) in [5.74, 6) is 0.981. The van der Waals surface area contributed by atoms with Crippen LogP contribution in [0.15, 0.2) is 4.52 Å². The third kappa shape index (κ3) is 3.92. The highest BCUT2D eigenvalue weighted by molar-refractivity contribution is 7.91. The molecule has 3 aliphatic rings. The highest BCUT2D eigenvalue weighted by Crippen LogP contribution is 2.28. The minimum Gasteiger partial charge on any atom is -0.361 e. The number of rotatable bonds is 5. The van der Waals surface area contributed by atoms with Crippen molar-refractivity contribution >= 4 is 15.7 Å². The van der Waals surface area contributed by atoms with Crippen LogP contribution in [-0.4, -0.2) is 55.0 Å². The van der Waals surface area contributed by atoms with E-state index < -0.39 is 15.8 Å². The molecule has 150 valence electrons. The zero-order chi connectivity index (χ0) is 19.0. The van der Waals surface area contributed by atoms with Crippen molar-refractivity contribution in [2.45, 2.75) is 58.0 Å². The first-order valence-corrected chi connectivity index (χ1v) is 12.0. The van der Waals surface area contributed by atoms with Gasteiger partial charge in [-0.2, -0.15) is 0 Å². The molecule has 3 heterocycles. The van der Waals surface area contributed by atoms with E-state index >= 15 is 0 Å². The van der Waals surface area contributed by atoms with Crippen LogP contribution in [0.3, 0.4) is 0 Å². The number of carbonyl (C=O) groups excluding carboxylic acids is 1. The fourth-order valence-electron chi connectivity index (χ4n) is 4.71. The fourth-order valence-corrected chi connectivity index (χ4v) is 6.66. The summed E-state index contributed by atoms with van der Waals surface area (Å²) in [6.45, 7) is 4.11. The quantitative estimate of drug-likeness (QED) is 0.808. The van der Waals surface area contributed by atoms with Crippen molar-refractivity contribution in [1.82, 2.24) is 15.4 Å². The molecule has 0 radical (unpaired) electrons. The lowest BCUT2D eigenvalue weighted by Gasteiger charge is -2.24. The van der Waals surface area contributed by atoms with Crippen molar-refractivity contribution in [1.29, 1.82) is 0 Å². The van der Waals surface area contributed by atoms with Crippen LogP contribution in [0.2, 0.25) is 0 Å². The molecule has 3 atom stereocenters. The van der Waals surface area contributed by atoms with Gasteiger partial charge in [0.05, 0.1) is 17.4 Å². The Bertz CT molecular complexity index is 804. The van der Waals surface area contributed by atoms with Crippen LogP contribution < -0.4 is 5.32 Å². The van der Waals surface area contributed by atoms with Gasteiger partial charge in [0, 0.05) is 37.7 Å². The second-order valence-electron chi connectivity index (χ2n) is 8.26. The van der Waals surface area contributed by atoms with E-state index in [2.05, 4.69) is 17.4 Å². The molecule has 1 aromatic rings. The van der Waals surface area contributed by atoms with Crippen LogP contribution in [0.25, 0.3) is 0 Å². The van der Waals surface area contributed by atoms with Crippen molar-refractivity contribution in [3.63, 3.8) is 0 Å². The average Bonchev–Trinajstić information content (AvgIpc) is 3.36. The van der Waals surface area contributed by atoms with E-state index in [0.29, 0.717) is 12.5 Å². The number of sulfone groups is 1. The summed E-state index contributed by atoms with van der Waals surface area (Å²) in [5.41, 5.74) is 2.04. The van der Waals surface area contributed by atoms with Crippen LogP contribution in [-0.2, 0) is 34.0 Å². The van der Waals surface area contributed by atoms with E-state index in [0.717, 1.165) is 63.1 Å². The number of hydrogen-bond donors (Lipinski definition) is 1. The van der Waals surface area contributed by atoms with Gasteiger partial charge in [0.15, 0.2) is 9.84 Å². The highest BCUT2D eigenvalue weighted by atomic mass is 32.2. The van der Waals surface area contributed by atoms with Crippen molar-refractivity contribution in [3.8, 4) is 0 Å². The van der Waals surface area contributed by atoms with Gasteiger partial charge < -0.3 is 14.7 Å². The second kappa shape index (κ2) is 7.54. The largest absolute Gasteiger partial charge is 0.361 e.